The molecule has 3 saturated heterocycles. The first-order valence-corrected chi connectivity index (χ1v) is 9.51. The Morgan fingerprint density at radius 2 is 1.96 bits per heavy atom. The van der Waals surface area contributed by atoms with Crippen molar-refractivity contribution >= 4 is 12.1 Å². The Kier molecular flexibility index (Phi) is 5.64. The molecule has 1 N–H and O–H groups in total. The number of rotatable bonds is 5. The van der Waals surface area contributed by atoms with Crippen LogP contribution in [-0.4, -0.2) is 65.3 Å². The smallest absolute Gasteiger partial charge is 0.410 e. The number of piperidine rings is 3. The zero-order valence-corrected chi connectivity index (χ0v) is 14.7. The number of carbonyl (C=O) groups is 2. The summed E-state index contributed by atoms with van der Waals surface area (Å²) in [5, 5.41) is 8.95. The molecule has 0 saturated carbocycles. The highest BCUT2D eigenvalue weighted by atomic mass is 16.6. The number of ether oxygens (including phenoxy) is 1. The van der Waals surface area contributed by atoms with Crippen molar-refractivity contribution in [2.24, 2.45) is 11.8 Å². The van der Waals surface area contributed by atoms with Gasteiger partial charge >= 0.3 is 12.1 Å². The van der Waals surface area contributed by atoms with Crippen LogP contribution in [0.15, 0.2) is 0 Å². The van der Waals surface area contributed by atoms with Gasteiger partial charge in [-0.1, -0.05) is 0 Å². The topological polar surface area (TPSA) is 70.1 Å². The van der Waals surface area contributed by atoms with Crippen LogP contribution >= 0.6 is 0 Å². The summed E-state index contributed by atoms with van der Waals surface area (Å²) >= 11 is 0. The highest BCUT2D eigenvalue weighted by molar-refractivity contribution is 5.68. The molecular formula is C18H30N2O4. The average molecular weight is 338 g/mol. The molecule has 0 aromatic rings. The molecule has 0 spiro atoms. The van der Waals surface area contributed by atoms with Gasteiger partial charge in [-0.2, -0.15) is 0 Å². The van der Waals surface area contributed by atoms with E-state index in [9.17, 15) is 9.59 Å². The van der Waals surface area contributed by atoms with E-state index in [1.54, 1.807) is 0 Å². The molecule has 3 heterocycles. The van der Waals surface area contributed by atoms with Crippen LogP contribution in [0.4, 0.5) is 4.79 Å². The lowest BCUT2D eigenvalue weighted by Gasteiger charge is -2.57. The van der Waals surface area contributed by atoms with Crippen LogP contribution in [0.25, 0.3) is 0 Å². The van der Waals surface area contributed by atoms with Gasteiger partial charge in [0.25, 0.3) is 0 Å². The SMILES string of the molecule is CCOC(=O)N1C[C@@H]2CCCN3CCC[C@@H]([C@H]23)[C@@H]1CCCC(=O)O. The lowest BCUT2D eigenvalue weighted by Crippen LogP contribution is -2.65. The van der Waals surface area contributed by atoms with Gasteiger partial charge in [0.15, 0.2) is 0 Å². The Morgan fingerprint density at radius 1 is 1.21 bits per heavy atom. The second-order valence-corrected chi connectivity index (χ2v) is 7.44. The minimum atomic E-state index is -0.755. The number of carboxylic acids is 1. The number of hydrogen-bond donors (Lipinski definition) is 1. The normalized spacial score (nSPS) is 33.0. The summed E-state index contributed by atoms with van der Waals surface area (Å²) in [5.74, 6) is 0.259. The van der Waals surface area contributed by atoms with E-state index in [0.29, 0.717) is 30.9 Å². The molecule has 6 heteroatoms. The van der Waals surface area contributed by atoms with Crippen LogP contribution in [0.5, 0.6) is 0 Å². The van der Waals surface area contributed by atoms with Crippen molar-refractivity contribution in [3.05, 3.63) is 0 Å². The van der Waals surface area contributed by atoms with Crippen LogP contribution in [0.2, 0.25) is 0 Å². The molecule has 1 amide bonds. The van der Waals surface area contributed by atoms with E-state index >= 15 is 0 Å². The maximum atomic E-state index is 12.5. The Morgan fingerprint density at radius 3 is 2.67 bits per heavy atom. The van der Waals surface area contributed by atoms with Gasteiger partial charge in [0.05, 0.1) is 6.61 Å². The van der Waals surface area contributed by atoms with Crippen molar-refractivity contribution in [2.45, 2.75) is 64.0 Å². The molecule has 6 nitrogen and oxygen atoms in total. The molecule has 3 fully saturated rings. The second-order valence-electron chi connectivity index (χ2n) is 7.44. The summed E-state index contributed by atoms with van der Waals surface area (Å²) in [5.41, 5.74) is 0. The third kappa shape index (κ3) is 3.53. The molecule has 136 valence electrons. The van der Waals surface area contributed by atoms with E-state index in [-0.39, 0.29) is 18.6 Å². The summed E-state index contributed by atoms with van der Waals surface area (Å²) in [6, 6.07) is 0.707. The van der Waals surface area contributed by atoms with Crippen molar-refractivity contribution in [1.82, 2.24) is 9.80 Å². The van der Waals surface area contributed by atoms with E-state index in [4.69, 9.17) is 9.84 Å². The van der Waals surface area contributed by atoms with Gasteiger partial charge < -0.3 is 14.7 Å². The van der Waals surface area contributed by atoms with Crippen LogP contribution in [0.3, 0.4) is 0 Å². The van der Waals surface area contributed by atoms with Gasteiger partial charge in [0, 0.05) is 25.0 Å². The first-order chi connectivity index (χ1) is 11.6. The van der Waals surface area contributed by atoms with Crippen molar-refractivity contribution in [1.29, 1.82) is 0 Å². The molecule has 0 bridgehead atoms. The molecule has 0 aromatic carbocycles. The van der Waals surface area contributed by atoms with E-state index in [1.807, 2.05) is 11.8 Å². The van der Waals surface area contributed by atoms with Gasteiger partial charge in [-0.15, -0.1) is 0 Å². The fourth-order valence-electron chi connectivity index (χ4n) is 5.24. The Bertz CT molecular complexity index is 468. The molecule has 3 aliphatic rings. The maximum Gasteiger partial charge on any atom is 0.410 e. The summed E-state index contributed by atoms with van der Waals surface area (Å²) in [4.78, 5) is 28.0. The van der Waals surface area contributed by atoms with E-state index in [2.05, 4.69) is 4.90 Å². The van der Waals surface area contributed by atoms with Crippen LogP contribution in [0.1, 0.15) is 51.9 Å². The molecular weight excluding hydrogens is 308 g/mol. The number of aliphatic carboxylic acids is 1. The summed E-state index contributed by atoms with van der Waals surface area (Å²) in [7, 11) is 0. The van der Waals surface area contributed by atoms with Crippen molar-refractivity contribution < 1.29 is 19.4 Å². The number of carbonyl (C=O) groups excluding carboxylic acids is 1. The first-order valence-electron chi connectivity index (χ1n) is 9.51. The minimum Gasteiger partial charge on any atom is -0.481 e. The molecule has 24 heavy (non-hydrogen) atoms. The summed E-state index contributed by atoms with van der Waals surface area (Å²) in [6.45, 7) is 5.36. The lowest BCUT2D eigenvalue weighted by molar-refractivity contribution is -0.137. The third-order valence-electron chi connectivity index (χ3n) is 6.06. The number of carboxylic acid groups (broad SMARTS) is 1. The molecule has 4 atom stereocenters. The lowest BCUT2D eigenvalue weighted by atomic mass is 9.69. The van der Waals surface area contributed by atoms with Crippen molar-refractivity contribution in [3.63, 3.8) is 0 Å². The first kappa shape index (κ1) is 17.5. The van der Waals surface area contributed by atoms with E-state index in [0.717, 1.165) is 19.4 Å². The minimum absolute atomic E-state index is 0.130. The van der Waals surface area contributed by atoms with Gasteiger partial charge in [-0.25, -0.2) is 4.79 Å². The number of nitrogens with zero attached hydrogens (tertiary/aromatic N) is 2. The quantitative estimate of drug-likeness (QED) is 0.834. The largest absolute Gasteiger partial charge is 0.481 e. The van der Waals surface area contributed by atoms with Crippen molar-refractivity contribution in [2.75, 3.05) is 26.2 Å². The van der Waals surface area contributed by atoms with E-state index < -0.39 is 5.97 Å². The average Bonchev–Trinajstić information content (AvgIpc) is 2.56. The van der Waals surface area contributed by atoms with Crippen LogP contribution < -0.4 is 0 Å². The fraction of sp³-hybridized carbons (Fsp3) is 0.889. The monoisotopic (exact) mass is 338 g/mol. The molecule has 0 aromatic heterocycles. The van der Waals surface area contributed by atoms with E-state index in [1.165, 1.54) is 32.4 Å². The van der Waals surface area contributed by atoms with Gasteiger partial charge in [-0.05, 0) is 70.4 Å². The zero-order valence-electron chi connectivity index (χ0n) is 14.7. The van der Waals surface area contributed by atoms with Crippen molar-refractivity contribution in [3.8, 4) is 0 Å². The number of likely N-dealkylation sites (tertiary alicyclic amines) is 1. The van der Waals surface area contributed by atoms with Crippen LogP contribution in [-0.2, 0) is 9.53 Å². The fourth-order valence-corrected chi connectivity index (χ4v) is 5.24. The zero-order chi connectivity index (χ0) is 17.1. The highest BCUT2D eigenvalue weighted by Crippen LogP contribution is 2.43. The third-order valence-corrected chi connectivity index (χ3v) is 6.06. The van der Waals surface area contributed by atoms with Gasteiger partial charge in [-0.3, -0.25) is 9.69 Å². The maximum absolute atomic E-state index is 12.5. The number of amides is 1. The predicted octanol–water partition coefficient (Wildman–Crippen LogP) is 2.57. The van der Waals surface area contributed by atoms with Gasteiger partial charge in [0.2, 0.25) is 0 Å². The Hall–Kier alpha value is -1.30. The predicted molar refractivity (Wildman–Crippen MR) is 89.8 cm³/mol. The van der Waals surface area contributed by atoms with Gasteiger partial charge in [0.1, 0.15) is 0 Å². The molecule has 3 rings (SSSR count). The highest BCUT2D eigenvalue weighted by Gasteiger charge is 2.49. The van der Waals surface area contributed by atoms with Crippen LogP contribution in [0, 0.1) is 11.8 Å². The summed E-state index contributed by atoms with van der Waals surface area (Å²) < 4.78 is 5.31. The summed E-state index contributed by atoms with van der Waals surface area (Å²) in [6.07, 6.45) is 6.10. The molecule has 0 unspecified atom stereocenters. The Balaban J connectivity index is 1.78. The number of hydrogen-bond acceptors (Lipinski definition) is 4. The standard InChI is InChI=1S/C18H30N2O4/c1-2-24-18(23)20-12-13-6-4-10-19-11-5-7-14(17(13)19)15(20)8-3-9-16(21)22/h13-15,17H,2-12H2,1H3,(H,21,22)/t13-,14+,15-,17-/m0/s1. The second kappa shape index (κ2) is 7.72. The molecule has 3 aliphatic heterocycles. The molecule has 0 aliphatic carbocycles. The Labute approximate surface area is 144 Å². The molecule has 0 radical (unpaired) electrons.